The molecular weight excluding hydrogens is 292 g/mol. The number of hydrogen-bond donors (Lipinski definition) is 2. The Labute approximate surface area is 139 Å². The van der Waals surface area contributed by atoms with Crippen LogP contribution in [0.4, 0.5) is 11.4 Å². The Bertz CT molecular complexity index is 1130. The molecule has 2 N–H and O–H groups in total. The van der Waals surface area contributed by atoms with E-state index in [1.807, 2.05) is 6.20 Å². The average molecular weight is 308 g/mol. The number of fused-ring (bicyclic) bond motifs is 3. The van der Waals surface area contributed by atoms with Crippen molar-refractivity contribution in [2.45, 2.75) is 0 Å². The van der Waals surface area contributed by atoms with Gasteiger partial charge in [0.25, 0.3) is 0 Å². The maximum atomic E-state index is 3.66. The van der Waals surface area contributed by atoms with Crippen LogP contribution in [0.1, 0.15) is 0 Å². The van der Waals surface area contributed by atoms with Crippen molar-refractivity contribution >= 4 is 43.8 Å². The molecule has 0 amide bonds. The van der Waals surface area contributed by atoms with Crippen molar-refractivity contribution in [1.29, 1.82) is 0 Å². The van der Waals surface area contributed by atoms with E-state index in [4.69, 9.17) is 0 Å². The van der Waals surface area contributed by atoms with Crippen LogP contribution in [0.2, 0.25) is 0 Å². The number of hydrogen-bond acceptors (Lipinski definition) is 1. The van der Waals surface area contributed by atoms with Gasteiger partial charge in [-0.2, -0.15) is 0 Å². The fourth-order valence-corrected chi connectivity index (χ4v) is 3.42. The van der Waals surface area contributed by atoms with E-state index in [1.165, 1.54) is 32.6 Å². The van der Waals surface area contributed by atoms with Crippen LogP contribution in [-0.4, -0.2) is 4.98 Å². The Balaban J connectivity index is 1.76. The van der Waals surface area contributed by atoms with Gasteiger partial charge in [0.05, 0.1) is 5.69 Å². The minimum absolute atomic E-state index is 1.10. The third-order valence-electron chi connectivity index (χ3n) is 4.59. The molecule has 0 atom stereocenters. The van der Waals surface area contributed by atoms with Gasteiger partial charge in [0.15, 0.2) is 0 Å². The third kappa shape index (κ3) is 2.04. The van der Waals surface area contributed by atoms with Gasteiger partial charge < -0.3 is 10.3 Å². The van der Waals surface area contributed by atoms with E-state index in [2.05, 4.69) is 89.2 Å². The molecule has 0 aliphatic rings. The summed E-state index contributed by atoms with van der Waals surface area (Å²) in [6.07, 6.45) is 1.97. The lowest BCUT2D eigenvalue weighted by Crippen LogP contribution is -1.93. The number of anilines is 2. The summed E-state index contributed by atoms with van der Waals surface area (Å²) in [6, 6.07) is 27.8. The average Bonchev–Trinajstić information content (AvgIpc) is 3.09. The summed E-state index contributed by atoms with van der Waals surface area (Å²) in [4.78, 5) is 3.24. The van der Waals surface area contributed by atoms with Crippen LogP contribution in [0.3, 0.4) is 0 Å². The van der Waals surface area contributed by atoms with Crippen molar-refractivity contribution in [2.75, 3.05) is 5.32 Å². The number of benzene rings is 4. The SMILES string of the molecule is c1ccc2c(Nc3ccc4[nH]ccc4c3)c3ccccc3cc2c1. The van der Waals surface area contributed by atoms with Gasteiger partial charge in [-0.25, -0.2) is 0 Å². The van der Waals surface area contributed by atoms with Crippen molar-refractivity contribution in [3.05, 3.63) is 85.1 Å². The highest BCUT2D eigenvalue weighted by molar-refractivity contribution is 6.12. The standard InChI is InChI=1S/C22H16N2/c1-3-7-19-15(5-1)13-16-6-2-4-8-20(16)22(19)24-18-9-10-21-17(14-18)11-12-23-21/h1-14,23-24H. The van der Waals surface area contributed by atoms with E-state index in [0.29, 0.717) is 0 Å². The molecule has 0 spiro atoms. The Morgan fingerprint density at radius 1 is 0.625 bits per heavy atom. The molecule has 0 aliphatic heterocycles. The van der Waals surface area contributed by atoms with E-state index < -0.39 is 0 Å². The number of rotatable bonds is 2. The van der Waals surface area contributed by atoms with Crippen LogP contribution in [0, 0.1) is 0 Å². The predicted octanol–water partition coefficient (Wildman–Crippen LogP) is 6.22. The molecule has 5 aromatic rings. The quantitative estimate of drug-likeness (QED) is 0.372. The Morgan fingerprint density at radius 2 is 1.33 bits per heavy atom. The fourth-order valence-electron chi connectivity index (χ4n) is 3.42. The van der Waals surface area contributed by atoms with Gasteiger partial charge in [-0.05, 0) is 41.1 Å². The molecule has 2 heteroatoms. The summed E-state index contributed by atoms with van der Waals surface area (Å²) < 4.78 is 0. The maximum Gasteiger partial charge on any atom is 0.0543 e. The number of H-pyrrole nitrogens is 1. The summed E-state index contributed by atoms with van der Waals surface area (Å²) in [6.45, 7) is 0. The molecule has 0 aliphatic carbocycles. The van der Waals surface area contributed by atoms with E-state index >= 15 is 0 Å². The van der Waals surface area contributed by atoms with E-state index in [0.717, 1.165) is 11.2 Å². The first kappa shape index (κ1) is 13.2. The smallest absolute Gasteiger partial charge is 0.0543 e. The zero-order valence-electron chi connectivity index (χ0n) is 13.1. The van der Waals surface area contributed by atoms with E-state index in [-0.39, 0.29) is 0 Å². The highest BCUT2D eigenvalue weighted by atomic mass is 14.9. The molecule has 114 valence electrons. The Hall–Kier alpha value is -3.26. The molecule has 2 nitrogen and oxygen atoms in total. The molecule has 5 rings (SSSR count). The molecule has 0 radical (unpaired) electrons. The van der Waals surface area contributed by atoms with E-state index in [9.17, 15) is 0 Å². The van der Waals surface area contributed by atoms with Gasteiger partial charge in [-0.1, -0.05) is 48.5 Å². The summed E-state index contributed by atoms with van der Waals surface area (Å²) in [7, 11) is 0. The third-order valence-corrected chi connectivity index (χ3v) is 4.59. The van der Waals surface area contributed by atoms with Crippen LogP contribution in [-0.2, 0) is 0 Å². The Kier molecular flexibility index (Phi) is 2.83. The van der Waals surface area contributed by atoms with Crippen LogP contribution in [0.15, 0.2) is 85.1 Å². The largest absolute Gasteiger partial charge is 0.361 e. The first-order valence-electron chi connectivity index (χ1n) is 8.13. The maximum absolute atomic E-state index is 3.66. The zero-order chi connectivity index (χ0) is 15.9. The van der Waals surface area contributed by atoms with Crippen molar-refractivity contribution in [3.8, 4) is 0 Å². The van der Waals surface area contributed by atoms with Crippen molar-refractivity contribution in [3.63, 3.8) is 0 Å². The van der Waals surface area contributed by atoms with Gasteiger partial charge in [0, 0.05) is 33.6 Å². The zero-order valence-corrected chi connectivity index (χ0v) is 13.1. The normalized spacial score (nSPS) is 11.3. The molecule has 0 saturated heterocycles. The monoisotopic (exact) mass is 308 g/mol. The lowest BCUT2D eigenvalue weighted by atomic mass is 10.0. The van der Waals surface area contributed by atoms with Gasteiger partial charge in [-0.15, -0.1) is 0 Å². The molecule has 24 heavy (non-hydrogen) atoms. The summed E-state index contributed by atoms with van der Waals surface area (Å²) in [5, 5.41) is 9.86. The van der Waals surface area contributed by atoms with Crippen molar-refractivity contribution in [2.24, 2.45) is 0 Å². The molecule has 1 heterocycles. The number of aromatic amines is 1. The minimum Gasteiger partial charge on any atom is -0.361 e. The second-order valence-corrected chi connectivity index (χ2v) is 6.10. The summed E-state index contributed by atoms with van der Waals surface area (Å²) in [5.41, 5.74) is 3.42. The van der Waals surface area contributed by atoms with Crippen LogP contribution < -0.4 is 5.32 Å². The number of nitrogens with one attached hydrogen (secondary N) is 2. The van der Waals surface area contributed by atoms with Gasteiger partial charge in [0.1, 0.15) is 0 Å². The van der Waals surface area contributed by atoms with Crippen LogP contribution in [0.5, 0.6) is 0 Å². The molecule has 0 bridgehead atoms. The molecule has 0 fully saturated rings. The first-order valence-corrected chi connectivity index (χ1v) is 8.13. The van der Waals surface area contributed by atoms with Gasteiger partial charge in [-0.3, -0.25) is 0 Å². The second kappa shape index (κ2) is 5.14. The predicted molar refractivity (Wildman–Crippen MR) is 103 cm³/mol. The van der Waals surface area contributed by atoms with Gasteiger partial charge in [0.2, 0.25) is 0 Å². The molecule has 0 unspecified atom stereocenters. The van der Waals surface area contributed by atoms with Crippen molar-refractivity contribution < 1.29 is 0 Å². The second-order valence-electron chi connectivity index (χ2n) is 6.10. The highest BCUT2D eigenvalue weighted by Gasteiger charge is 2.08. The Morgan fingerprint density at radius 3 is 2.08 bits per heavy atom. The molecule has 4 aromatic carbocycles. The summed E-state index contributed by atoms with van der Waals surface area (Å²) in [5.74, 6) is 0. The van der Waals surface area contributed by atoms with Gasteiger partial charge >= 0.3 is 0 Å². The van der Waals surface area contributed by atoms with E-state index in [1.54, 1.807) is 0 Å². The lowest BCUT2D eigenvalue weighted by Gasteiger charge is -2.14. The van der Waals surface area contributed by atoms with Crippen LogP contribution in [0.25, 0.3) is 32.4 Å². The van der Waals surface area contributed by atoms with Crippen LogP contribution >= 0.6 is 0 Å². The summed E-state index contributed by atoms with van der Waals surface area (Å²) >= 11 is 0. The lowest BCUT2D eigenvalue weighted by molar-refractivity contribution is 1.48. The molecule has 0 saturated carbocycles. The highest BCUT2D eigenvalue weighted by Crippen LogP contribution is 2.35. The fraction of sp³-hybridized carbons (Fsp3) is 0. The molecule has 1 aromatic heterocycles. The van der Waals surface area contributed by atoms with Crippen molar-refractivity contribution in [1.82, 2.24) is 4.98 Å². The molecular formula is C22H16N2. The topological polar surface area (TPSA) is 27.8 Å². The first-order chi connectivity index (χ1) is 11.9. The minimum atomic E-state index is 1.10. The number of aromatic nitrogens is 1.